The molecule has 4 aromatic rings. The second-order valence-electron chi connectivity index (χ2n) is 8.99. The number of hydrogen-bond acceptors (Lipinski definition) is 10. The number of thioether (sulfide) groups is 1. The third kappa shape index (κ3) is 5.33. The number of hydrogen-bond donors (Lipinski definition) is 2. The van der Waals surface area contributed by atoms with Crippen LogP contribution in [0.25, 0.3) is 5.76 Å². The zero-order valence-electron chi connectivity index (χ0n) is 20.9. The van der Waals surface area contributed by atoms with Crippen LogP contribution in [0.4, 0.5) is 5.13 Å². The van der Waals surface area contributed by atoms with Crippen LogP contribution in [-0.2, 0) is 15.3 Å². The van der Waals surface area contributed by atoms with Crippen LogP contribution in [0.15, 0.2) is 70.6 Å². The van der Waals surface area contributed by atoms with Crippen LogP contribution in [-0.4, -0.2) is 45.3 Å². The zero-order chi connectivity index (χ0) is 28.7. The summed E-state index contributed by atoms with van der Waals surface area (Å²) < 4.78 is 11.7. The van der Waals surface area contributed by atoms with E-state index in [0.29, 0.717) is 50.4 Å². The van der Waals surface area contributed by atoms with Gasteiger partial charge < -0.3 is 19.7 Å². The minimum absolute atomic E-state index is 0.00741. The minimum Gasteiger partial charge on any atom is -0.508 e. The molecule has 3 aromatic carbocycles. The maximum atomic E-state index is 13.4. The Morgan fingerprint density at radius 1 is 1.00 bits per heavy atom. The molecule has 1 fully saturated rings. The van der Waals surface area contributed by atoms with Crippen molar-refractivity contribution < 1.29 is 29.3 Å². The summed E-state index contributed by atoms with van der Waals surface area (Å²) in [5.41, 5.74) is 1.49. The Hall–Kier alpha value is -3.77. The number of Topliss-reactive ketones (excluding diaryl/α,β-unsaturated/α-hetero) is 1. The number of benzene rings is 3. The highest BCUT2D eigenvalue weighted by atomic mass is 35.5. The number of fused-ring (bicyclic) bond motifs is 1. The SMILES string of the molecule is O=C1C(=O)N(c2nnc(SCc3ccc(Cl)cc3Cl)s2)C(c2ccc(O)cc2)/C1=C(\O)c1ccc2c(c1)OCCO2. The van der Waals surface area contributed by atoms with Crippen LogP contribution in [0.1, 0.15) is 22.7 Å². The maximum Gasteiger partial charge on any atom is 0.301 e. The monoisotopic (exact) mass is 627 g/mol. The fourth-order valence-electron chi connectivity index (χ4n) is 4.48. The average Bonchev–Trinajstić information content (AvgIpc) is 3.54. The van der Waals surface area contributed by atoms with Gasteiger partial charge in [0.25, 0.3) is 5.78 Å². The van der Waals surface area contributed by atoms with Crippen molar-refractivity contribution in [2.45, 2.75) is 16.1 Å². The van der Waals surface area contributed by atoms with E-state index >= 15 is 0 Å². The number of phenolic OH excluding ortho intramolecular Hbond substituents is 1. The lowest BCUT2D eigenvalue weighted by atomic mass is 9.95. The number of nitrogens with zero attached hydrogens (tertiary/aromatic N) is 3. The number of ketones is 1. The molecule has 0 spiro atoms. The van der Waals surface area contributed by atoms with Gasteiger partial charge in [0.1, 0.15) is 24.7 Å². The van der Waals surface area contributed by atoms with Gasteiger partial charge in [-0.1, -0.05) is 64.5 Å². The molecular weight excluding hydrogens is 609 g/mol. The number of aromatic hydroxyl groups is 1. The third-order valence-electron chi connectivity index (χ3n) is 6.44. The molecule has 1 atom stereocenters. The Balaban J connectivity index is 1.37. The first-order valence-electron chi connectivity index (χ1n) is 12.2. The van der Waals surface area contributed by atoms with Crippen LogP contribution in [0.5, 0.6) is 17.2 Å². The van der Waals surface area contributed by atoms with Crippen molar-refractivity contribution in [3.05, 3.63) is 93.0 Å². The Bertz CT molecular complexity index is 1710. The van der Waals surface area contributed by atoms with Crippen LogP contribution in [0.2, 0.25) is 10.0 Å². The van der Waals surface area contributed by atoms with E-state index in [1.165, 1.54) is 28.8 Å². The number of amides is 1. The molecule has 13 heteroatoms. The van der Waals surface area contributed by atoms with Crippen molar-refractivity contribution >= 4 is 68.9 Å². The summed E-state index contributed by atoms with van der Waals surface area (Å²) in [5, 5.41) is 30.9. The van der Waals surface area contributed by atoms with Crippen molar-refractivity contribution in [1.82, 2.24) is 10.2 Å². The van der Waals surface area contributed by atoms with Gasteiger partial charge in [0.2, 0.25) is 5.13 Å². The van der Waals surface area contributed by atoms with Gasteiger partial charge in [-0.15, -0.1) is 10.2 Å². The molecular formula is C28H19Cl2N3O6S2. The molecule has 0 bridgehead atoms. The van der Waals surface area contributed by atoms with Crippen LogP contribution in [0, 0.1) is 0 Å². The van der Waals surface area contributed by atoms with E-state index in [2.05, 4.69) is 10.2 Å². The molecule has 0 aliphatic carbocycles. The molecule has 1 unspecified atom stereocenters. The van der Waals surface area contributed by atoms with E-state index in [1.54, 1.807) is 42.5 Å². The minimum atomic E-state index is -1.03. The summed E-state index contributed by atoms with van der Waals surface area (Å²) in [6.45, 7) is 0.746. The van der Waals surface area contributed by atoms with E-state index < -0.39 is 17.7 Å². The number of rotatable bonds is 6. The third-order valence-corrected chi connectivity index (χ3v) is 9.13. The number of phenols is 1. The predicted molar refractivity (Wildman–Crippen MR) is 156 cm³/mol. The van der Waals surface area contributed by atoms with Crippen LogP contribution < -0.4 is 14.4 Å². The summed E-state index contributed by atoms with van der Waals surface area (Å²) in [6, 6.07) is 15.0. The van der Waals surface area contributed by atoms with Crippen LogP contribution in [0.3, 0.4) is 0 Å². The van der Waals surface area contributed by atoms with Crippen molar-refractivity contribution in [2.24, 2.45) is 0 Å². The second kappa shape index (κ2) is 11.2. The molecule has 1 saturated heterocycles. The molecule has 208 valence electrons. The fraction of sp³-hybridized carbons (Fsp3) is 0.143. The number of carbonyl (C=O) groups is 2. The highest BCUT2D eigenvalue weighted by Crippen LogP contribution is 2.45. The van der Waals surface area contributed by atoms with Gasteiger partial charge in [0.15, 0.2) is 15.8 Å². The Labute approximate surface area is 251 Å². The molecule has 2 aliphatic heterocycles. The number of ether oxygens (including phenoxy) is 2. The van der Waals surface area contributed by atoms with Crippen molar-refractivity contribution in [3.8, 4) is 17.2 Å². The van der Waals surface area contributed by atoms with E-state index in [0.717, 1.165) is 16.9 Å². The lowest BCUT2D eigenvalue weighted by Gasteiger charge is -2.23. The first-order valence-corrected chi connectivity index (χ1v) is 14.8. The Kier molecular flexibility index (Phi) is 7.52. The smallest absolute Gasteiger partial charge is 0.301 e. The van der Waals surface area contributed by atoms with Crippen molar-refractivity contribution in [1.29, 1.82) is 0 Å². The molecule has 0 radical (unpaired) electrons. The number of aliphatic hydroxyl groups is 1. The molecule has 9 nitrogen and oxygen atoms in total. The fourth-order valence-corrected chi connectivity index (χ4v) is 6.91. The molecule has 41 heavy (non-hydrogen) atoms. The number of aliphatic hydroxyl groups excluding tert-OH is 1. The van der Waals surface area contributed by atoms with E-state index in [9.17, 15) is 19.8 Å². The summed E-state index contributed by atoms with van der Waals surface area (Å²) in [6.07, 6.45) is 0. The normalized spacial score (nSPS) is 17.7. The Morgan fingerprint density at radius 3 is 2.51 bits per heavy atom. The summed E-state index contributed by atoms with van der Waals surface area (Å²) in [4.78, 5) is 28.1. The molecule has 2 aliphatic rings. The summed E-state index contributed by atoms with van der Waals surface area (Å²) in [5.74, 6) is -0.701. The largest absolute Gasteiger partial charge is 0.508 e. The van der Waals surface area contributed by atoms with Gasteiger partial charge in [0, 0.05) is 21.4 Å². The number of halogens is 2. The number of carbonyl (C=O) groups excluding carboxylic acids is 2. The number of anilines is 1. The highest BCUT2D eigenvalue weighted by molar-refractivity contribution is 8.00. The molecule has 6 rings (SSSR count). The first kappa shape index (κ1) is 27.4. The summed E-state index contributed by atoms with van der Waals surface area (Å²) in [7, 11) is 0. The van der Waals surface area contributed by atoms with Gasteiger partial charge in [-0.3, -0.25) is 14.5 Å². The first-order chi connectivity index (χ1) is 19.8. The molecule has 2 N–H and O–H groups in total. The molecule has 1 amide bonds. The second-order valence-corrected chi connectivity index (χ2v) is 12.0. The zero-order valence-corrected chi connectivity index (χ0v) is 24.1. The van der Waals surface area contributed by atoms with Crippen molar-refractivity contribution in [2.75, 3.05) is 18.1 Å². The standard InChI is InChI=1S/C28H19Cl2N3O6S2/c29-17-5-1-16(19(30)12-17)13-40-28-32-31-27(41-28)33-23(14-2-6-18(34)7-3-14)22(25(36)26(33)37)24(35)15-4-8-20-21(11-15)39-10-9-38-20/h1-8,11-12,23,34-35H,9-10,13H2/b24-22+. The van der Waals surface area contributed by atoms with Gasteiger partial charge >= 0.3 is 5.91 Å². The van der Waals surface area contributed by atoms with Gasteiger partial charge in [-0.05, 0) is 53.6 Å². The molecule has 3 heterocycles. The van der Waals surface area contributed by atoms with E-state index in [1.807, 2.05) is 6.07 Å². The quantitative estimate of drug-likeness (QED) is 0.0840. The van der Waals surface area contributed by atoms with Gasteiger partial charge in [0.05, 0.1) is 11.6 Å². The lowest BCUT2D eigenvalue weighted by Crippen LogP contribution is -2.29. The van der Waals surface area contributed by atoms with E-state index in [4.69, 9.17) is 32.7 Å². The summed E-state index contributed by atoms with van der Waals surface area (Å²) >= 11 is 14.8. The van der Waals surface area contributed by atoms with Crippen molar-refractivity contribution in [3.63, 3.8) is 0 Å². The molecule has 0 saturated carbocycles. The molecule has 1 aromatic heterocycles. The van der Waals surface area contributed by atoms with E-state index in [-0.39, 0.29) is 27.8 Å². The predicted octanol–water partition coefficient (Wildman–Crippen LogP) is 6.24. The van der Waals surface area contributed by atoms with Crippen LogP contribution >= 0.6 is 46.3 Å². The maximum absolute atomic E-state index is 13.4. The Morgan fingerprint density at radius 2 is 1.76 bits per heavy atom. The highest BCUT2D eigenvalue weighted by Gasteiger charge is 2.48. The average molecular weight is 629 g/mol. The number of aromatic nitrogens is 2. The topological polar surface area (TPSA) is 122 Å². The van der Waals surface area contributed by atoms with Gasteiger partial charge in [-0.25, -0.2) is 0 Å². The van der Waals surface area contributed by atoms with Gasteiger partial charge in [-0.2, -0.15) is 0 Å². The lowest BCUT2D eigenvalue weighted by molar-refractivity contribution is -0.132.